The third-order valence-corrected chi connectivity index (χ3v) is 1.84. The van der Waals surface area contributed by atoms with Gasteiger partial charge in [0, 0.05) is 18.3 Å². The fourth-order valence-corrected chi connectivity index (χ4v) is 1.17. The molecular formula is C7H7ClN4. The van der Waals surface area contributed by atoms with Crippen molar-refractivity contribution in [2.24, 2.45) is 5.73 Å². The number of hydrogen-bond acceptors (Lipinski definition) is 3. The van der Waals surface area contributed by atoms with Crippen LogP contribution in [0.15, 0.2) is 18.5 Å². The van der Waals surface area contributed by atoms with Gasteiger partial charge in [-0.15, -0.1) is 0 Å². The minimum absolute atomic E-state index is 0.427. The molecule has 2 aromatic rings. The van der Waals surface area contributed by atoms with Crippen LogP contribution in [0.5, 0.6) is 0 Å². The van der Waals surface area contributed by atoms with Gasteiger partial charge in [0.2, 0.25) is 0 Å². The molecule has 0 saturated heterocycles. The Morgan fingerprint density at radius 3 is 3.17 bits per heavy atom. The van der Waals surface area contributed by atoms with Crippen molar-refractivity contribution in [3.8, 4) is 0 Å². The molecule has 2 rings (SSSR count). The zero-order valence-corrected chi connectivity index (χ0v) is 6.99. The van der Waals surface area contributed by atoms with Crippen molar-refractivity contribution in [3.05, 3.63) is 29.2 Å². The second-order valence-corrected chi connectivity index (χ2v) is 2.78. The lowest BCUT2D eigenvalue weighted by atomic mass is 10.3. The molecule has 2 N–H and O–H groups in total. The first kappa shape index (κ1) is 7.52. The third-order valence-electron chi connectivity index (χ3n) is 1.63. The zero-order valence-electron chi connectivity index (χ0n) is 6.24. The number of fused-ring (bicyclic) bond motifs is 1. The fraction of sp³-hybridized carbons (Fsp3) is 0.143. The van der Waals surface area contributed by atoms with Crippen LogP contribution < -0.4 is 5.73 Å². The summed E-state index contributed by atoms with van der Waals surface area (Å²) < 4.78 is 1.65. The summed E-state index contributed by atoms with van der Waals surface area (Å²) in [7, 11) is 0. The van der Waals surface area contributed by atoms with Gasteiger partial charge in [-0.05, 0) is 6.07 Å². The molecule has 0 aliphatic heterocycles. The topological polar surface area (TPSA) is 56.2 Å². The van der Waals surface area contributed by atoms with Gasteiger partial charge in [-0.3, -0.25) is 0 Å². The molecule has 2 heterocycles. The van der Waals surface area contributed by atoms with Crippen molar-refractivity contribution in [2.75, 3.05) is 0 Å². The Kier molecular flexibility index (Phi) is 1.71. The van der Waals surface area contributed by atoms with E-state index >= 15 is 0 Å². The zero-order chi connectivity index (χ0) is 8.55. The van der Waals surface area contributed by atoms with Crippen LogP contribution in [0.3, 0.4) is 0 Å². The first-order valence-electron chi connectivity index (χ1n) is 3.50. The minimum atomic E-state index is 0.427. The standard InChI is InChI=1S/C7H7ClN4/c8-6-1-2-12-7(11-6)5(3-9)4-10-12/h1-2,4H,3,9H2. The maximum Gasteiger partial charge on any atom is 0.161 e. The lowest BCUT2D eigenvalue weighted by Gasteiger charge is -1.94. The van der Waals surface area contributed by atoms with Crippen LogP contribution in [0.4, 0.5) is 0 Å². The molecule has 4 nitrogen and oxygen atoms in total. The predicted molar refractivity (Wildman–Crippen MR) is 45.9 cm³/mol. The lowest BCUT2D eigenvalue weighted by Crippen LogP contribution is -1.97. The van der Waals surface area contributed by atoms with Gasteiger partial charge < -0.3 is 5.73 Å². The van der Waals surface area contributed by atoms with Crippen molar-refractivity contribution in [2.45, 2.75) is 6.54 Å². The van der Waals surface area contributed by atoms with Crippen LogP contribution in [0.25, 0.3) is 5.65 Å². The van der Waals surface area contributed by atoms with E-state index in [0.717, 1.165) is 11.2 Å². The Labute approximate surface area is 74.0 Å². The highest BCUT2D eigenvalue weighted by Gasteiger charge is 2.02. The normalized spacial score (nSPS) is 10.8. The molecule has 0 saturated carbocycles. The Balaban J connectivity index is 2.75. The van der Waals surface area contributed by atoms with E-state index in [0.29, 0.717) is 11.7 Å². The highest BCUT2D eigenvalue weighted by molar-refractivity contribution is 6.29. The lowest BCUT2D eigenvalue weighted by molar-refractivity contribution is 0.939. The summed E-state index contributed by atoms with van der Waals surface area (Å²) in [4.78, 5) is 4.09. The molecule has 0 fully saturated rings. The number of nitrogens with two attached hydrogens (primary N) is 1. The van der Waals surface area contributed by atoms with Crippen molar-refractivity contribution in [1.82, 2.24) is 14.6 Å². The molecule has 0 bridgehead atoms. The fourth-order valence-electron chi connectivity index (χ4n) is 1.04. The smallest absolute Gasteiger partial charge is 0.161 e. The number of nitrogens with zero attached hydrogens (tertiary/aromatic N) is 3. The average Bonchev–Trinajstić information content (AvgIpc) is 2.46. The van der Waals surface area contributed by atoms with Gasteiger partial charge in [-0.1, -0.05) is 11.6 Å². The highest BCUT2D eigenvalue weighted by Crippen LogP contribution is 2.10. The second kappa shape index (κ2) is 2.73. The Morgan fingerprint density at radius 1 is 1.58 bits per heavy atom. The summed E-state index contributed by atoms with van der Waals surface area (Å²) >= 11 is 5.71. The number of aromatic nitrogens is 3. The van der Waals surface area contributed by atoms with Gasteiger partial charge in [0.25, 0.3) is 0 Å². The van der Waals surface area contributed by atoms with E-state index in [2.05, 4.69) is 10.1 Å². The van der Waals surface area contributed by atoms with E-state index in [4.69, 9.17) is 17.3 Å². The molecule has 0 spiro atoms. The van der Waals surface area contributed by atoms with E-state index in [-0.39, 0.29) is 0 Å². The Bertz CT molecular complexity index is 409. The van der Waals surface area contributed by atoms with Crippen molar-refractivity contribution in [1.29, 1.82) is 0 Å². The summed E-state index contributed by atoms with van der Waals surface area (Å²) in [6.07, 6.45) is 3.45. The van der Waals surface area contributed by atoms with Gasteiger partial charge in [-0.25, -0.2) is 9.50 Å². The van der Waals surface area contributed by atoms with Crippen LogP contribution in [0.2, 0.25) is 5.15 Å². The molecule has 2 aromatic heterocycles. The first-order chi connectivity index (χ1) is 5.81. The molecule has 0 radical (unpaired) electrons. The van der Waals surface area contributed by atoms with E-state index in [1.807, 2.05) is 0 Å². The summed E-state index contributed by atoms with van der Waals surface area (Å²) in [5.74, 6) is 0. The van der Waals surface area contributed by atoms with E-state index in [9.17, 15) is 0 Å². The molecule has 5 heteroatoms. The minimum Gasteiger partial charge on any atom is -0.326 e. The van der Waals surface area contributed by atoms with Gasteiger partial charge in [-0.2, -0.15) is 5.10 Å². The first-order valence-corrected chi connectivity index (χ1v) is 3.88. The van der Waals surface area contributed by atoms with Crippen LogP contribution in [-0.4, -0.2) is 14.6 Å². The van der Waals surface area contributed by atoms with Crippen LogP contribution >= 0.6 is 11.6 Å². The van der Waals surface area contributed by atoms with Crippen LogP contribution in [0, 0.1) is 0 Å². The van der Waals surface area contributed by atoms with E-state index in [1.165, 1.54) is 0 Å². The number of halogens is 1. The molecule has 0 unspecified atom stereocenters. The molecular weight excluding hydrogens is 176 g/mol. The molecule has 62 valence electrons. The summed E-state index contributed by atoms with van der Waals surface area (Å²) in [6.45, 7) is 0.427. The average molecular weight is 183 g/mol. The van der Waals surface area contributed by atoms with Gasteiger partial charge in [0.1, 0.15) is 5.15 Å². The van der Waals surface area contributed by atoms with Gasteiger partial charge in [0.15, 0.2) is 5.65 Å². The van der Waals surface area contributed by atoms with E-state index < -0.39 is 0 Å². The molecule has 0 amide bonds. The Morgan fingerprint density at radius 2 is 2.42 bits per heavy atom. The van der Waals surface area contributed by atoms with Gasteiger partial charge >= 0.3 is 0 Å². The van der Waals surface area contributed by atoms with Gasteiger partial charge in [0.05, 0.1) is 6.20 Å². The summed E-state index contributed by atoms with van der Waals surface area (Å²) in [6, 6.07) is 1.68. The predicted octanol–water partition coefficient (Wildman–Crippen LogP) is 0.841. The number of hydrogen-bond donors (Lipinski definition) is 1. The largest absolute Gasteiger partial charge is 0.326 e. The quantitative estimate of drug-likeness (QED) is 0.665. The summed E-state index contributed by atoms with van der Waals surface area (Å²) in [5, 5.41) is 4.50. The molecule has 0 aromatic carbocycles. The molecule has 12 heavy (non-hydrogen) atoms. The van der Waals surface area contributed by atoms with Crippen LogP contribution in [0.1, 0.15) is 5.56 Å². The van der Waals surface area contributed by atoms with E-state index in [1.54, 1.807) is 23.0 Å². The van der Waals surface area contributed by atoms with Crippen LogP contribution in [-0.2, 0) is 6.54 Å². The second-order valence-electron chi connectivity index (χ2n) is 2.39. The molecule has 0 aliphatic rings. The molecule has 0 atom stereocenters. The SMILES string of the molecule is NCc1cnn2ccc(Cl)nc12. The van der Waals surface area contributed by atoms with Crippen molar-refractivity contribution in [3.63, 3.8) is 0 Å². The maximum absolute atomic E-state index is 5.71. The Hall–Kier alpha value is -1.13. The maximum atomic E-state index is 5.71. The third kappa shape index (κ3) is 1.05. The van der Waals surface area contributed by atoms with Crippen molar-refractivity contribution < 1.29 is 0 Å². The number of rotatable bonds is 1. The summed E-state index contributed by atoms with van der Waals surface area (Å²) in [5.41, 5.74) is 7.10. The highest BCUT2D eigenvalue weighted by atomic mass is 35.5. The van der Waals surface area contributed by atoms with Crippen molar-refractivity contribution >= 4 is 17.2 Å². The molecule has 0 aliphatic carbocycles. The monoisotopic (exact) mass is 182 g/mol.